The van der Waals surface area contributed by atoms with Gasteiger partial charge in [-0.05, 0) is 12.8 Å². The second-order valence-corrected chi connectivity index (χ2v) is 4.29. The molecule has 5 atom stereocenters. The van der Waals surface area contributed by atoms with Gasteiger partial charge in [0.15, 0.2) is 0 Å². The van der Waals surface area contributed by atoms with Gasteiger partial charge in [0.25, 0.3) is 0 Å². The smallest absolute Gasteiger partial charge is 0.108 e. The summed E-state index contributed by atoms with van der Waals surface area (Å²) in [6.45, 7) is 1.06. The molecule has 4 N–H and O–H groups in total. The average Bonchev–Trinajstić information content (AvgIpc) is 2.16. The van der Waals surface area contributed by atoms with Crippen LogP contribution in [0, 0.1) is 0 Å². The number of piperidine rings is 2. The minimum absolute atomic E-state index is 0.211. The molecule has 0 bridgehead atoms. The van der Waals surface area contributed by atoms with E-state index in [1.54, 1.807) is 0 Å². The fourth-order valence-corrected chi connectivity index (χ4v) is 2.41. The molecule has 2 rings (SSSR count). The first kappa shape index (κ1) is 10.3. The van der Waals surface area contributed by atoms with Crippen molar-refractivity contribution in [3.05, 3.63) is 0 Å². The Morgan fingerprint density at radius 2 is 1.71 bits per heavy atom. The van der Waals surface area contributed by atoms with E-state index in [1.807, 2.05) is 4.90 Å². The number of hydrogen-bond donors (Lipinski definition) is 4. The van der Waals surface area contributed by atoms with Crippen molar-refractivity contribution < 1.29 is 20.4 Å². The van der Waals surface area contributed by atoms with Crippen molar-refractivity contribution in [3.63, 3.8) is 0 Å². The summed E-state index contributed by atoms with van der Waals surface area (Å²) in [7, 11) is 0. The first-order valence-corrected chi connectivity index (χ1v) is 5.06. The second-order valence-electron chi connectivity index (χ2n) is 4.29. The Morgan fingerprint density at radius 1 is 1.00 bits per heavy atom. The van der Waals surface area contributed by atoms with E-state index in [0.717, 1.165) is 0 Å². The third kappa shape index (κ3) is 1.66. The van der Waals surface area contributed by atoms with Crippen molar-refractivity contribution >= 4 is 0 Å². The van der Waals surface area contributed by atoms with Crippen molar-refractivity contribution in [2.75, 3.05) is 13.1 Å². The van der Waals surface area contributed by atoms with E-state index in [1.165, 1.54) is 0 Å². The molecule has 5 nitrogen and oxygen atoms in total. The molecule has 0 aliphatic carbocycles. The zero-order chi connectivity index (χ0) is 10.3. The summed E-state index contributed by atoms with van der Waals surface area (Å²) in [5.74, 6) is 0. The van der Waals surface area contributed by atoms with Crippen molar-refractivity contribution in [2.24, 2.45) is 0 Å². The molecule has 0 aromatic rings. The lowest BCUT2D eigenvalue weighted by molar-refractivity contribution is -0.154. The van der Waals surface area contributed by atoms with Gasteiger partial charge in [-0.15, -0.1) is 0 Å². The van der Waals surface area contributed by atoms with Crippen LogP contribution in [0.2, 0.25) is 0 Å². The van der Waals surface area contributed by atoms with Gasteiger partial charge in [0.05, 0.1) is 18.3 Å². The summed E-state index contributed by atoms with van der Waals surface area (Å²) in [5, 5.41) is 38.0. The maximum Gasteiger partial charge on any atom is 0.108 e. The first-order chi connectivity index (χ1) is 6.59. The minimum Gasteiger partial charge on any atom is -0.393 e. The van der Waals surface area contributed by atoms with Crippen LogP contribution in [0.25, 0.3) is 0 Å². The van der Waals surface area contributed by atoms with E-state index in [-0.39, 0.29) is 6.04 Å². The van der Waals surface area contributed by atoms with E-state index in [9.17, 15) is 20.4 Å². The lowest BCUT2D eigenvalue weighted by atomic mass is 9.86. The number of nitrogens with zero attached hydrogens (tertiary/aromatic N) is 1. The highest BCUT2D eigenvalue weighted by Gasteiger charge is 2.43. The summed E-state index contributed by atoms with van der Waals surface area (Å²) in [5.41, 5.74) is 0. The van der Waals surface area contributed by atoms with Crippen LogP contribution in [0.1, 0.15) is 12.8 Å². The van der Waals surface area contributed by atoms with Crippen LogP contribution in [-0.4, -0.2) is 68.9 Å². The molecule has 82 valence electrons. The molecule has 2 aliphatic heterocycles. The normalized spacial score (nSPS) is 50.1. The highest BCUT2D eigenvalue weighted by Crippen LogP contribution is 2.27. The molecule has 0 radical (unpaired) electrons. The molecule has 0 spiro atoms. The zero-order valence-corrected chi connectivity index (χ0v) is 7.95. The van der Waals surface area contributed by atoms with Crippen molar-refractivity contribution in [3.8, 4) is 0 Å². The number of aliphatic hydroxyl groups excluding tert-OH is 4. The Hall–Kier alpha value is -0.200. The molecule has 2 aliphatic rings. The van der Waals surface area contributed by atoms with Gasteiger partial charge >= 0.3 is 0 Å². The highest BCUT2D eigenvalue weighted by molar-refractivity contribution is 4.97. The fraction of sp³-hybridized carbons (Fsp3) is 1.00. The van der Waals surface area contributed by atoms with Gasteiger partial charge in [-0.1, -0.05) is 0 Å². The monoisotopic (exact) mass is 203 g/mol. The Kier molecular flexibility index (Phi) is 2.77. The van der Waals surface area contributed by atoms with Crippen LogP contribution in [-0.2, 0) is 0 Å². The maximum atomic E-state index is 9.70. The Balaban J connectivity index is 2.08. The SMILES string of the molecule is O[C@@H]1CCN2C[C@@H](O)[C@H](O)[C@H](O)[C@@H]2C1. The summed E-state index contributed by atoms with van der Waals surface area (Å²) in [6.07, 6.45) is -2.16. The van der Waals surface area contributed by atoms with Gasteiger partial charge in [0.1, 0.15) is 6.10 Å². The fourth-order valence-electron chi connectivity index (χ4n) is 2.41. The third-order valence-corrected chi connectivity index (χ3v) is 3.29. The Labute approximate surface area is 82.6 Å². The van der Waals surface area contributed by atoms with Crippen LogP contribution in [0.4, 0.5) is 0 Å². The molecule has 0 unspecified atom stereocenters. The van der Waals surface area contributed by atoms with Crippen molar-refractivity contribution in [1.29, 1.82) is 0 Å². The van der Waals surface area contributed by atoms with Crippen LogP contribution < -0.4 is 0 Å². The zero-order valence-electron chi connectivity index (χ0n) is 7.95. The molecule has 14 heavy (non-hydrogen) atoms. The van der Waals surface area contributed by atoms with Gasteiger partial charge in [0.2, 0.25) is 0 Å². The molecular formula is C9H17NO4. The quantitative estimate of drug-likeness (QED) is 0.363. The Bertz CT molecular complexity index is 211. The van der Waals surface area contributed by atoms with Crippen LogP contribution >= 0.6 is 0 Å². The maximum absolute atomic E-state index is 9.70. The molecule has 0 aromatic heterocycles. The molecule has 0 aromatic carbocycles. The lowest BCUT2D eigenvalue weighted by Gasteiger charge is -2.47. The van der Waals surface area contributed by atoms with Gasteiger partial charge in [-0.25, -0.2) is 0 Å². The molecular weight excluding hydrogens is 186 g/mol. The molecule has 2 heterocycles. The summed E-state index contributed by atoms with van der Waals surface area (Å²) < 4.78 is 0. The predicted octanol–water partition coefficient (Wildman–Crippen LogP) is -2.09. The molecule has 5 heteroatoms. The van der Waals surface area contributed by atoms with Crippen molar-refractivity contribution in [2.45, 2.75) is 43.3 Å². The number of aliphatic hydroxyl groups is 4. The van der Waals surface area contributed by atoms with E-state index in [2.05, 4.69) is 0 Å². The molecule has 2 fully saturated rings. The average molecular weight is 203 g/mol. The Morgan fingerprint density at radius 3 is 2.43 bits per heavy atom. The minimum atomic E-state index is -1.08. The van der Waals surface area contributed by atoms with E-state index >= 15 is 0 Å². The van der Waals surface area contributed by atoms with Crippen LogP contribution in [0.15, 0.2) is 0 Å². The lowest BCUT2D eigenvalue weighted by Crippen LogP contribution is -2.63. The van der Waals surface area contributed by atoms with Gasteiger partial charge in [-0.3, -0.25) is 4.90 Å². The van der Waals surface area contributed by atoms with Crippen LogP contribution in [0.3, 0.4) is 0 Å². The summed E-state index contributed by atoms with van der Waals surface area (Å²) in [6, 6.07) is -0.211. The van der Waals surface area contributed by atoms with E-state index in [0.29, 0.717) is 25.9 Å². The van der Waals surface area contributed by atoms with Crippen LogP contribution in [0.5, 0.6) is 0 Å². The summed E-state index contributed by atoms with van der Waals surface area (Å²) in [4.78, 5) is 1.94. The van der Waals surface area contributed by atoms with Crippen molar-refractivity contribution in [1.82, 2.24) is 4.90 Å². The molecule has 0 amide bonds. The number of fused-ring (bicyclic) bond motifs is 1. The topological polar surface area (TPSA) is 84.2 Å². The van der Waals surface area contributed by atoms with E-state index < -0.39 is 24.4 Å². The third-order valence-electron chi connectivity index (χ3n) is 3.29. The largest absolute Gasteiger partial charge is 0.393 e. The predicted molar refractivity (Wildman–Crippen MR) is 48.6 cm³/mol. The van der Waals surface area contributed by atoms with Gasteiger partial charge < -0.3 is 20.4 Å². The second kappa shape index (κ2) is 3.75. The summed E-state index contributed by atoms with van der Waals surface area (Å²) >= 11 is 0. The van der Waals surface area contributed by atoms with E-state index in [4.69, 9.17) is 0 Å². The highest BCUT2D eigenvalue weighted by atomic mass is 16.4. The standard InChI is InChI=1S/C9H17NO4/c11-5-1-2-10-4-7(12)9(14)8(13)6(10)3-5/h5-9,11-14H,1-4H2/t5-,6+,7-,8-,9+/m1/s1. The number of rotatable bonds is 0. The van der Waals surface area contributed by atoms with Gasteiger partial charge in [0, 0.05) is 19.1 Å². The molecule has 0 saturated carbocycles. The first-order valence-electron chi connectivity index (χ1n) is 5.06. The van der Waals surface area contributed by atoms with Gasteiger partial charge in [-0.2, -0.15) is 0 Å². The molecule has 2 saturated heterocycles. The number of hydrogen-bond acceptors (Lipinski definition) is 5.